The zero-order valence-electron chi connectivity index (χ0n) is 37.2. The first-order chi connectivity index (χ1) is 32.0. The van der Waals surface area contributed by atoms with Crippen molar-refractivity contribution in [2.45, 2.75) is 85.3 Å². The zero-order chi connectivity index (χ0) is 45.2. The fraction of sp³-hybridized carbons (Fsp3) is 0.259. The number of hydrogen-bond acceptors (Lipinski definition) is 9. The predicted molar refractivity (Wildman–Crippen MR) is 265 cm³/mol. The first-order valence-electron chi connectivity index (χ1n) is 22.9. The standard InChI is InChI=1S/C27H26N4O2S.C27H26N4S/c1-34(32,33)26-20-12-13-23-22(25(20)30-31-26)16-21(17-6-3-2-4-7-17)24(29-23)18-8-10-19(11-9-18)27(28)14-5-15-27;1-32-26-20-12-13-23-22(25(20)30-31-26)16-21(17-6-3-2-4-7-17)24(29-23)18-8-10-19(11-9-18)27(28)14-5-15-27/h2-4,6-11,16H,5,12-15,28H2,1H3,(H,30,31);2-4,6-11,16H,5,12-15,28H2,1H3,(H,30,31). The number of aromatic amines is 2. The average Bonchev–Trinajstić information content (AvgIpc) is 3.98. The normalized spacial score (nSPS) is 16.3. The third-order valence-corrected chi connectivity index (χ3v) is 16.1. The first kappa shape index (κ1) is 42.5. The minimum atomic E-state index is -3.38. The maximum atomic E-state index is 12.2. The van der Waals surface area contributed by atoms with Gasteiger partial charge in [0.15, 0.2) is 14.9 Å². The highest BCUT2D eigenvalue weighted by molar-refractivity contribution is 7.98. The molecule has 0 atom stereocenters. The van der Waals surface area contributed by atoms with E-state index in [1.54, 1.807) is 11.8 Å². The van der Waals surface area contributed by atoms with Gasteiger partial charge in [-0.25, -0.2) is 8.42 Å². The van der Waals surface area contributed by atoms with Gasteiger partial charge in [-0.1, -0.05) is 109 Å². The van der Waals surface area contributed by atoms with Gasteiger partial charge in [0, 0.05) is 61.8 Å². The molecule has 4 aliphatic carbocycles. The van der Waals surface area contributed by atoms with Gasteiger partial charge in [-0.2, -0.15) is 10.2 Å². The summed E-state index contributed by atoms with van der Waals surface area (Å²) in [5, 5.41) is 16.3. The second-order valence-corrected chi connectivity index (χ2v) is 21.1. The van der Waals surface area contributed by atoms with Gasteiger partial charge in [0.1, 0.15) is 5.03 Å². The van der Waals surface area contributed by atoms with Crippen molar-refractivity contribution >= 4 is 21.6 Å². The van der Waals surface area contributed by atoms with Crippen molar-refractivity contribution in [1.29, 1.82) is 0 Å². The van der Waals surface area contributed by atoms with Gasteiger partial charge in [0.2, 0.25) is 0 Å². The summed E-state index contributed by atoms with van der Waals surface area (Å²) < 4.78 is 24.5. The summed E-state index contributed by atoms with van der Waals surface area (Å²) in [5.41, 5.74) is 31.7. The van der Waals surface area contributed by atoms with Gasteiger partial charge in [0.25, 0.3) is 0 Å². The van der Waals surface area contributed by atoms with Crippen molar-refractivity contribution in [3.05, 3.63) is 155 Å². The molecular weight excluding hydrogens is 857 g/mol. The van der Waals surface area contributed by atoms with Crippen LogP contribution in [0, 0.1) is 0 Å². The molecule has 6 N–H and O–H groups in total. The van der Waals surface area contributed by atoms with Crippen molar-refractivity contribution in [1.82, 2.24) is 30.4 Å². The lowest BCUT2D eigenvalue weighted by Gasteiger charge is -2.38. The summed E-state index contributed by atoms with van der Waals surface area (Å²) in [5.74, 6) is 0. The molecule has 332 valence electrons. The Bertz CT molecular complexity index is 3230. The number of pyridine rings is 2. The summed E-state index contributed by atoms with van der Waals surface area (Å²) >= 11 is 1.70. The van der Waals surface area contributed by atoms with Gasteiger partial charge < -0.3 is 11.5 Å². The fourth-order valence-corrected chi connectivity index (χ4v) is 11.6. The van der Waals surface area contributed by atoms with Gasteiger partial charge in [0.05, 0.1) is 34.2 Å². The molecule has 10 nitrogen and oxygen atoms in total. The number of benzene rings is 4. The van der Waals surface area contributed by atoms with Crippen LogP contribution >= 0.6 is 11.8 Å². The molecule has 0 bridgehead atoms. The van der Waals surface area contributed by atoms with Crippen molar-refractivity contribution in [3.8, 4) is 67.3 Å². The number of H-pyrrole nitrogens is 2. The molecule has 4 aromatic carbocycles. The molecule has 8 aromatic rings. The van der Waals surface area contributed by atoms with E-state index in [1.165, 1.54) is 46.9 Å². The Kier molecular flexibility index (Phi) is 10.7. The summed E-state index contributed by atoms with van der Waals surface area (Å²) in [6, 6.07) is 42.4. The monoisotopic (exact) mass is 908 g/mol. The van der Waals surface area contributed by atoms with Gasteiger partial charge >= 0.3 is 0 Å². The Balaban J connectivity index is 0.000000146. The molecule has 66 heavy (non-hydrogen) atoms. The van der Waals surface area contributed by atoms with E-state index < -0.39 is 9.84 Å². The summed E-state index contributed by atoms with van der Waals surface area (Å²) in [7, 11) is -3.38. The van der Waals surface area contributed by atoms with Gasteiger partial charge in [-0.15, -0.1) is 11.8 Å². The van der Waals surface area contributed by atoms with E-state index in [2.05, 4.69) is 130 Å². The van der Waals surface area contributed by atoms with Gasteiger partial charge in [-0.3, -0.25) is 20.2 Å². The van der Waals surface area contributed by atoms with Crippen LogP contribution in [-0.4, -0.2) is 51.3 Å². The summed E-state index contributed by atoms with van der Waals surface area (Å²) in [4.78, 5) is 10.4. The molecule has 0 amide bonds. The highest BCUT2D eigenvalue weighted by atomic mass is 32.2. The van der Waals surface area contributed by atoms with Crippen molar-refractivity contribution < 1.29 is 8.42 Å². The number of hydrogen-bond donors (Lipinski definition) is 4. The Labute approximate surface area is 390 Å². The smallest absolute Gasteiger partial charge is 0.192 e. The molecule has 4 aromatic heterocycles. The molecule has 0 unspecified atom stereocenters. The molecule has 2 saturated carbocycles. The highest BCUT2D eigenvalue weighted by Gasteiger charge is 2.36. The largest absolute Gasteiger partial charge is 0.321 e. The molecule has 4 aliphatic rings. The molecule has 4 heterocycles. The topological polar surface area (TPSA) is 169 Å². The molecule has 0 aliphatic heterocycles. The SMILES string of the molecule is CS(=O)(=O)c1[nH]nc2c1CCc1nc(-c3ccc(C4(N)CCC4)cc3)c(-c3ccccc3)cc1-2.CSc1n[nH]c2c1CCc1nc(-c3ccc(C4(N)CCC4)cc3)c(-c3ccccc3)cc1-2. The van der Waals surface area contributed by atoms with Crippen LogP contribution in [0.25, 0.3) is 67.3 Å². The third-order valence-electron chi connectivity index (χ3n) is 14.3. The maximum Gasteiger partial charge on any atom is 0.192 e. The number of nitrogens with zero attached hydrogens (tertiary/aromatic N) is 4. The molecule has 0 saturated heterocycles. The van der Waals surface area contributed by atoms with Crippen LogP contribution in [0.2, 0.25) is 0 Å². The third kappa shape index (κ3) is 7.49. The second kappa shape index (κ2) is 16.6. The van der Waals surface area contributed by atoms with E-state index in [-0.39, 0.29) is 16.1 Å². The van der Waals surface area contributed by atoms with Crippen molar-refractivity contribution in [2.75, 3.05) is 12.5 Å². The van der Waals surface area contributed by atoms with E-state index in [0.29, 0.717) is 18.5 Å². The first-order valence-corrected chi connectivity index (χ1v) is 26.0. The molecule has 0 spiro atoms. The summed E-state index contributed by atoms with van der Waals surface area (Å²) in [6.45, 7) is 0. The molecule has 0 radical (unpaired) electrons. The Morgan fingerprint density at radius 1 is 0.545 bits per heavy atom. The molecule has 12 heteroatoms. The van der Waals surface area contributed by atoms with Crippen LogP contribution in [0.3, 0.4) is 0 Å². The average molecular weight is 909 g/mol. The second-order valence-electron chi connectivity index (χ2n) is 18.4. The lowest BCUT2D eigenvalue weighted by atomic mass is 9.72. The van der Waals surface area contributed by atoms with Crippen LogP contribution in [0.15, 0.2) is 131 Å². The van der Waals surface area contributed by atoms with Crippen LogP contribution in [0.4, 0.5) is 0 Å². The van der Waals surface area contributed by atoms with Crippen LogP contribution in [-0.2, 0) is 46.6 Å². The summed E-state index contributed by atoms with van der Waals surface area (Å²) in [6.07, 6.45) is 13.1. The lowest BCUT2D eigenvalue weighted by Crippen LogP contribution is -2.43. The number of sulfone groups is 1. The molecule has 12 rings (SSSR count). The lowest BCUT2D eigenvalue weighted by molar-refractivity contribution is 0.253. The van der Waals surface area contributed by atoms with Gasteiger partial charge in [-0.05, 0) is 105 Å². The Hall–Kier alpha value is -6.18. The van der Waals surface area contributed by atoms with Crippen LogP contribution in [0.1, 0.15) is 72.2 Å². The Morgan fingerprint density at radius 3 is 1.50 bits per heavy atom. The number of nitrogens with one attached hydrogen (secondary N) is 2. The number of thioether (sulfide) groups is 1. The van der Waals surface area contributed by atoms with E-state index in [1.807, 2.05) is 18.2 Å². The molecule has 2 fully saturated rings. The van der Waals surface area contributed by atoms with Crippen molar-refractivity contribution in [2.24, 2.45) is 11.5 Å². The number of rotatable bonds is 8. The minimum absolute atomic E-state index is 0.143. The number of aryl methyl sites for hydroxylation is 2. The highest BCUT2D eigenvalue weighted by Crippen LogP contribution is 2.45. The van der Waals surface area contributed by atoms with Crippen molar-refractivity contribution in [3.63, 3.8) is 0 Å². The number of aromatic nitrogens is 6. The van der Waals surface area contributed by atoms with Crippen LogP contribution in [0.5, 0.6) is 0 Å². The van der Waals surface area contributed by atoms with Crippen LogP contribution < -0.4 is 11.5 Å². The van der Waals surface area contributed by atoms with E-state index in [0.717, 1.165) is 111 Å². The maximum absolute atomic E-state index is 12.2. The number of fused-ring (bicyclic) bond motifs is 6. The Morgan fingerprint density at radius 2 is 1.03 bits per heavy atom. The predicted octanol–water partition coefficient (Wildman–Crippen LogP) is 10.6. The fourth-order valence-electron chi connectivity index (χ4n) is 10.2. The quantitative estimate of drug-likeness (QED) is 0.108. The minimum Gasteiger partial charge on any atom is -0.321 e. The van der Waals surface area contributed by atoms with E-state index >= 15 is 0 Å². The number of nitrogens with two attached hydrogens (primary N) is 2. The van der Waals surface area contributed by atoms with E-state index in [4.69, 9.17) is 21.4 Å². The zero-order valence-corrected chi connectivity index (χ0v) is 38.8. The molecular formula is C54H52N8O2S2. The van der Waals surface area contributed by atoms with E-state index in [9.17, 15) is 8.42 Å².